The highest BCUT2D eigenvalue weighted by Gasteiger charge is 2.24. The van der Waals surface area contributed by atoms with E-state index < -0.39 is 30.3 Å². The SMILES string of the molecule is COC(=O)[C@H](CC(=O)O)NC(=O)c1ccccc1. The second-order valence-corrected chi connectivity index (χ2v) is 3.51. The number of ether oxygens (including phenoxy) is 1. The van der Waals surface area contributed by atoms with Crippen molar-refractivity contribution in [2.75, 3.05) is 7.11 Å². The Morgan fingerprint density at radius 3 is 2.39 bits per heavy atom. The van der Waals surface area contributed by atoms with Gasteiger partial charge in [-0.3, -0.25) is 9.59 Å². The summed E-state index contributed by atoms with van der Waals surface area (Å²) in [5.41, 5.74) is 0.344. The molecule has 0 spiro atoms. The summed E-state index contributed by atoms with van der Waals surface area (Å²) in [6.45, 7) is 0. The lowest BCUT2D eigenvalue weighted by molar-refractivity contribution is -0.147. The number of amides is 1. The lowest BCUT2D eigenvalue weighted by Crippen LogP contribution is -2.42. The molecular formula is C12H13NO5. The summed E-state index contributed by atoms with van der Waals surface area (Å²) in [5, 5.41) is 11.0. The first-order chi connectivity index (χ1) is 8.54. The normalized spacial score (nSPS) is 11.4. The number of carbonyl (C=O) groups is 3. The first-order valence-electron chi connectivity index (χ1n) is 5.20. The second-order valence-electron chi connectivity index (χ2n) is 3.51. The number of nitrogens with one attached hydrogen (secondary N) is 1. The number of benzene rings is 1. The molecule has 0 heterocycles. The number of carboxylic acids is 1. The largest absolute Gasteiger partial charge is 0.481 e. The quantitative estimate of drug-likeness (QED) is 0.740. The summed E-state index contributed by atoms with van der Waals surface area (Å²) in [5.74, 6) is -2.51. The predicted octanol–water partition coefficient (Wildman–Crippen LogP) is 0.433. The van der Waals surface area contributed by atoms with Crippen molar-refractivity contribution in [1.29, 1.82) is 0 Å². The standard InChI is InChI=1S/C12H13NO5/c1-18-12(17)9(7-10(14)15)13-11(16)8-5-3-2-4-6-8/h2-6,9H,7H2,1H3,(H,13,16)(H,14,15)/t9-/m0/s1. The van der Waals surface area contributed by atoms with Gasteiger partial charge in [-0.25, -0.2) is 4.79 Å². The van der Waals surface area contributed by atoms with Crippen molar-refractivity contribution in [1.82, 2.24) is 5.32 Å². The molecule has 1 rings (SSSR count). The van der Waals surface area contributed by atoms with E-state index in [-0.39, 0.29) is 0 Å². The summed E-state index contributed by atoms with van der Waals surface area (Å²) >= 11 is 0. The summed E-state index contributed by atoms with van der Waals surface area (Å²) in [7, 11) is 1.13. The molecule has 0 saturated carbocycles. The van der Waals surface area contributed by atoms with Crippen LogP contribution in [0.15, 0.2) is 30.3 Å². The monoisotopic (exact) mass is 251 g/mol. The van der Waals surface area contributed by atoms with Crippen LogP contribution in [0.2, 0.25) is 0 Å². The van der Waals surface area contributed by atoms with Crippen LogP contribution in [0.25, 0.3) is 0 Å². The van der Waals surface area contributed by atoms with Crippen LogP contribution in [0.3, 0.4) is 0 Å². The van der Waals surface area contributed by atoms with Gasteiger partial charge in [-0.1, -0.05) is 18.2 Å². The molecule has 0 radical (unpaired) electrons. The van der Waals surface area contributed by atoms with Crippen molar-refractivity contribution >= 4 is 17.8 Å². The third-order valence-electron chi connectivity index (χ3n) is 2.21. The lowest BCUT2D eigenvalue weighted by Gasteiger charge is -2.14. The van der Waals surface area contributed by atoms with Gasteiger partial charge in [0.15, 0.2) is 0 Å². The number of methoxy groups -OCH3 is 1. The Kier molecular flexibility index (Phi) is 4.86. The van der Waals surface area contributed by atoms with Crippen molar-refractivity contribution < 1.29 is 24.2 Å². The van der Waals surface area contributed by atoms with E-state index in [1.807, 2.05) is 0 Å². The van der Waals surface area contributed by atoms with Crippen LogP contribution in [0.1, 0.15) is 16.8 Å². The zero-order valence-electron chi connectivity index (χ0n) is 9.75. The maximum atomic E-state index is 11.7. The van der Waals surface area contributed by atoms with E-state index in [0.717, 1.165) is 7.11 Å². The topological polar surface area (TPSA) is 92.7 Å². The van der Waals surface area contributed by atoms with Crippen LogP contribution in [-0.4, -0.2) is 36.1 Å². The molecule has 0 aliphatic heterocycles. The molecule has 1 atom stereocenters. The highest BCUT2D eigenvalue weighted by Crippen LogP contribution is 2.02. The molecule has 1 aromatic rings. The first-order valence-corrected chi connectivity index (χ1v) is 5.20. The van der Waals surface area contributed by atoms with Gasteiger partial charge in [0.2, 0.25) is 0 Å². The van der Waals surface area contributed by atoms with Crippen LogP contribution in [0, 0.1) is 0 Å². The molecule has 0 aliphatic carbocycles. The molecule has 0 aliphatic rings. The summed E-state index contributed by atoms with van der Waals surface area (Å²) in [6.07, 6.45) is -0.523. The summed E-state index contributed by atoms with van der Waals surface area (Å²) in [6, 6.07) is 7.00. The molecule has 6 nitrogen and oxygen atoms in total. The third-order valence-corrected chi connectivity index (χ3v) is 2.21. The van der Waals surface area contributed by atoms with Crippen molar-refractivity contribution in [3.63, 3.8) is 0 Å². The van der Waals surface area contributed by atoms with Crippen LogP contribution in [0.4, 0.5) is 0 Å². The Labute approximate surface area is 104 Å². The van der Waals surface area contributed by atoms with E-state index in [0.29, 0.717) is 5.56 Å². The summed E-state index contributed by atoms with van der Waals surface area (Å²) in [4.78, 5) is 33.6. The van der Waals surface area contributed by atoms with Gasteiger partial charge in [-0.05, 0) is 12.1 Å². The minimum absolute atomic E-state index is 0.344. The van der Waals surface area contributed by atoms with Crippen LogP contribution in [0.5, 0.6) is 0 Å². The van der Waals surface area contributed by atoms with Gasteiger partial charge >= 0.3 is 11.9 Å². The van der Waals surface area contributed by atoms with E-state index in [4.69, 9.17) is 5.11 Å². The third kappa shape index (κ3) is 3.89. The van der Waals surface area contributed by atoms with Crippen molar-refractivity contribution in [2.45, 2.75) is 12.5 Å². The predicted molar refractivity (Wildman–Crippen MR) is 62.0 cm³/mol. The number of esters is 1. The molecule has 0 saturated heterocycles. The molecule has 1 amide bonds. The molecule has 0 unspecified atom stereocenters. The average molecular weight is 251 g/mol. The fourth-order valence-electron chi connectivity index (χ4n) is 1.34. The van der Waals surface area contributed by atoms with Crippen LogP contribution >= 0.6 is 0 Å². The minimum Gasteiger partial charge on any atom is -0.481 e. The Morgan fingerprint density at radius 1 is 1.28 bits per heavy atom. The van der Waals surface area contributed by atoms with Gasteiger partial charge in [-0.2, -0.15) is 0 Å². The molecule has 6 heteroatoms. The number of hydrogen-bond acceptors (Lipinski definition) is 4. The Balaban J connectivity index is 2.74. The number of carboxylic acid groups (broad SMARTS) is 1. The van der Waals surface area contributed by atoms with Gasteiger partial charge in [0.25, 0.3) is 5.91 Å². The Hall–Kier alpha value is -2.37. The van der Waals surface area contributed by atoms with Gasteiger partial charge < -0.3 is 15.2 Å². The lowest BCUT2D eigenvalue weighted by atomic mass is 10.1. The minimum atomic E-state index is -1.20. The first kappa shape index (κ1) is 13.7. The highest BCUT2D eigenvalue weighted by atomic mass is 16.5. The van der Waals surface area contributed by atoms with Crippen molar-refractivity contribution in [3.05, 3.63) is 35.9 Å². The molecule has 18 heavy (non-hydrogen) atoms. The number of rotatable bonds is 5. The van der Waals surface area contributed by atoms with E-state index >= 15 is 0 Å². The van der Waals surface area contributed by atoms with Gasteiger partial charge in [0, 0.05) is 5.56 Å². The van der Waals surface area contributed by atoms with Crippen LogP contribution in [-0.2, 0) is 14.3 Å². The maximum absolute atomic E-state index is 11.7. The molecule has 0 fully saturated rings. The van der Waals surface area contributed by atoms with Gasteiger partial charge in [-0.15, -0.1) is 0 Å². The molecular weight excluding hydrogens is 238 g/mol. The summed E-state index contributed by atoms with van der Waals surface area (Å²) < 4.78 is 4.43. The van der Waals surface area contributed by atoms with E-state index in [9.17, 15) is 14.4 Å². The number of carbonyl (C=O) groups excluding carboxylic acids is 2. The molecule has 0 aromatic heterocycles. The molecule has 2 N–H and O–H groups in total. The van der Waals surface area contributed by atoms with Crippen molar-refractivity contribution in [2.24, 2.45) is 0 Å². The van der Waals surface area contributed by atoms with Crippen molar-refractivity contribution in [3.8, 4) is 0 Å². The fraction of sp³-hybridized carbons (Fsp3) is 0.250. The van der Waals surface area contributed by atoms with Gasteiger partial charge in [0.05, 0.1) is 13.5 Å². The number of hydrogen-bond donors (Lipinski definition) is 2. The van der Waals surface area contributed by atoms with E-state index in [1.54, 1.807) is 30.3 Å². The Bertz CT molecular complexity index is 443. The second kappa shape index (κ2) is 6.39. The molecule has 0 bridgehead atoms. The smallest absolute Gasteiger partial charge is 0.328 e. The zero-order valence-corrected chi connectivity index (χ0v) is 9.75. The molecule has 1 aromatic carbocycles. The van der Waals surface area contributed by atoms with E-state index in [2.05, 4.69) is 10.1 Å². The average Bonchev–Trinajstić information content (AvgIpc) is 2.37. The van der Waals surface area contributed by atoms with Gasteiger partial charge in [0.1, 0.15) is 6.04 Å². The van der Waals surface area contributed by atoms with Crippen LogP contribution < -0.4 is 5.32 Å². The molecule has 96 valence electrons. The number of aliphatic carboxylic acids is 1. The fourth-order valence-corrected chi connectivity index (χ4v) is 1.34. The zero-order chi connectivity index (χ0) is 13.5. The van der Waals surface area contributed by atoms with E-state index in [1.165, 1.54) is 0 Å². The Morgan fingerprint density at radius 2 is 1.89 bits per heavy atom. The highest BCUT2D eigenvalue weighted by molar-refractivity contribution is 5.97. The maximum Gasteiger partial charge on any atom is 0.328 e.